The normalized spacial score (nSPS) is 18.2. The lowest BCUT2D eigenvalue weighted by Crippen LogP contribution is -2.19. The fourth-order valence-electron chi connectivity index (χ4n) is 1.75. The summed E-state index contributed by atoms with van der Waals surface area (Å²) >= 11 is 1.45. The molecule has 0 radical (unpaired) electrons. The van der Waals surface area contributed by atoms with E-state index in [4.69, 9.17) is 5.73 Å². The Labute approximate surface area is 87.9 Å². The van der Waals surface area contributed by atoms with Gasteiger partial charge in [-0.1, -0.05) is 6.07 Å². The maximum absolute atomic E-state index is 13.2. The number of thioether (sulfide) groups is 1. The summed E-state index contributed by atoms with van der Waals surface area (Å²) in [6.45, 7) is 0.673. The van der Waals surface area contributed by atoms with Gasteiger partial charge in [-0.05, 0) is 36.8 Å². The average molecular weight is 211 g/mol. The summed E-state index contributed by atoms with van der Waals surface area (Å²) in [4.78, 5) is 0.724. The van der Waals surface area contributed by atoms with Gasteiger partial charge in [0.25, 0.3) is 0 Å². The van der Waals surface area contributed by atoms with Gasteiger partial charge in [-0.25, -0.2) is 4.39 Å². The van der Waals surface area contributed by atoms with Crippen LogP contribution >= 0.6 is 11.8 Å². The Bertz CT molecular complexity index is 347. The Hall–Kier alpha value is -0.540. The first kappa shape index (κ1) is 9.99. The van der Waals surface area contributed by atoms with Crippen LogP contribution < -0.4 is 5.73 Å². The van der Waals surface area contributed by atoms with Crippen LogP contribution in [0.3, 0.4) is 0 Å². The van der Waals surface area contributed by atoms with E-state index >= 15 is 0 Å². The van der Waals surface area contributed by atoms with Crippen LogP contribution in [0.25, 0.3) is 0 Å². The van der Waals surface area contributed by atoms with Crippen molar-refractivity contribution in [2.24, 2.45) is 5.73 Å². The van der Waals surface area contributed by atoms with E-state index in [1.165, 1.54) is 17.3 Å². The van der Waals surface area contributed by atoms with Crippen molar-refractivity contribution >= 4 is 11.8 Å². The van der Waals surface area contributed by atoms with Crippen LogP contribution in [-0.2, 0) is 5.41 Å². The molecule has 14 heavy (non-hydrogen) atoms. The fourth-order valence-corrected chi connectivity index (χ4v) is 2.26. The molecule has 1 fully saturated rings. The lowest BCUT2D eigenvalue weighted by atomic mass is 9.96. The van der Waals surface area contributed by atoms with Crippen LogP contribution in [0.15, 0.2) is 23.1 Å². The highest BCUT2D eigenvalue weighted by Gasteiger charge is 2.42. The average Bonchev–Trinajstić information content (AvgIpc) is 2.99. The second kappa shape index (κ2) is 3.55. The van der Waals surface area contributed by atoms with Gasteiger partial charge in [-0.2, -0.15) is 0 Å². The van der Waals surface area contributed by atoms with Gasteiger partial charge in [-0.15, -0.1) is 11.8 Å². The molecule has 76 valence electrons. The van der Waals surface area contributed by atoms with Crippen LogP contribution in [0, 0.1) is 5.82 Å². The van der Waals surface area contributed by atoms with Crippen molar-refractivity contribution in [2.45, 2.75) is 23.2 Å². The van der Waals surface area contributed by atoms with Gasteiger partial charge in [-0.3, -0.25) is 0 Å². The third-order valence-corrected chi connectivity index (χ3v) is 3.76. The summed E-state index contributed by atoms with van der Waals surface area (Å²) < 4.78 is 13.2. The number of halogens is 1. The lowest BCUT2D eigenvalue weighted by Gasteiger charge is -2.13. The molecule has 2 N–H and O–H groups in total. The Morgan fingerprint density at radius 1 is 1.50 bits per heavy atom. The highest BCUT2D eigenvalue weighted by Crippen LogP contribution is 2.47. The Morgan fingerprint density at radius 3 is 2.71 bits per heavy atom. The first-order chi connectivity index (χ1) is 6.72. The highest BCUT2D eigenvalue weighted by atomic mass is 32.2. The second-order valence-electron chi connectivity index (χ2n) is 3.83. The van der Waals surface area contributed by atoms with Gasteiger partial charge in [0.1, 0.15) is 5.82 Å². The zero-order valence-corrected chi connectivity index (χ0v) is 9.03. The number of hydrogen-bond acceptors (Lipinski definition) is 2. The Balaban J connectivity index is 2.36. The van der Waals surface area contributed by atoms with Crippen molar-refractivity contribution in [2.75, 3.05) is 12.8 Å². The summed E-state index contributed by atoms with van der Waals surface area (Å²) in [5.74, 6) is -0.130. The van der Waals surface area contributed by atoms with Crippen LogP contribution in [0.1, 0.15) is 18.4 Å². The van der Waals surface area contributed by atoms with Gasteiger partial charge in [0.2, 0.25) is 0 Å². The fraction of sp³-hybridized carbons (Fsp3) is 0.455. The molecule has 1 aromatic carbocycles. The highest BCUT2D eigenvalue weighted by molar-refractivity contribution is 7.98. The molecule has 0 unspecified atom stereocenters. The van der Waals surface area contributed by atoms with Gasteiger partial charge >= 0.3 is 0 Å². The molecule has 0 bridgehead atoms. The quantitative estimate of drug-likeness (QED) is 0.777. The summed E-state index contributed by atoms with van der Waals surface area (Å²) in [6.07, 6.45) is 4.18. The third kappa shape index (κ3) is 1.55. The second-order valence-corrected chi connectivity index (χ2v) is 4.68. The molecule has 0 aromatic heterocycles. The molecule has 0 heterocycles. The van der Waals surface area contributed by atoms with Crippen molar-refractivity contribution in [3.05, 3.63) is 29.6 Å². The molecule has 2 rings (SSSR count). The molecule has 0 saturated heterocycles. The van der Waals surface area contributed by atoms with Gasteiger partial charge < -0.3 is 5.73 Å². The van der Waals surface area contributed by atoms with Crippen LogP contribution in [-0.4, -0.2) is 12.8 Å². The van der Waals surface area contributed by atoms with E-state index in [0.717, 1.165) is 17.7 Å². The molecule has 0 spiro atoms. The monoisotopic (exact) mass is 211 g/mol. The van der Waals surface area contributed by atoms with E-state index in [2.05, 4.69) is 0 Å². The predicted molar refractivity (Wildman–Crippen MR) is 58.1 cm³/mol. The topological polar surface area (TPSA) is 26.0 Å². The number of nitrogens with two attached hydrogens (primary N) is 1. The van der Waals surface area contributed by atoms with E-state index in [-0.39, 0.29) is 11.2 Å². The maximum Gasteiger partial charge on any atom is 0.136 e. The predicted octanol–water partition coefficient (Wildman–Crippen LogP) is 2.54. The van der Waals surface area contributed by atoms with E-state index < -0.39 is 0 Å². The molecular formula is C11H14FNS. The molecule has 1 nitrogen and oxygen atoms in total. The molecule has 1 saturated carbocycles. The van der Waals surface area contributed by atoms with Crippen molar-refractivity contribution in [3.63, 3.8) is 0 Å². The standard InChI is InChI=1S/C11H14FNS/c1-14-10-6-8(2-3-9(10)12)11(7-13)4-5-11/h2-3,6H,4-5,7,13H2,1H3. The first-order valence-corrected chi connectivity index (χ1v) is 5.98. The molecule has 3 heteroatoms. The largest absolute Gasteiger partial charge is 0.330 e. The zero-order chi connectivity index (χ0) is 10.2. The van der Waals surface area contributed by atoms with E-state index in [0.29, 0.717) is 6.54 Å². The summed E-state index contributed by atoms with van der Waals surface area (Å²) in [7, 11) is 0. The van der Waals surface area contributed by atoms with Crippen molar-refractivity contribution < 1.29 is 4.39 Å². The molecule has 1 aromatic rings. The minimum atomic E-state index is -0.130. The molecule has 0 amide bonds. The van der Waals surface area contributed by atoms with E-state index in [9.17, 15) is 4.39 Å². The Kier molecular flexibility index (Phi) is 2.54. The lowest BCUT2D eigenvalue weighted by molar-refractivity contribution is 0.597. The van der Waals surface area contributed by atoms with Crippen molar-refractivity contribution in [1.29, 1.82) is 0 Å². The molecule has 0 aliphatic heterocycles. The molecule has 1 aliphatic carbocycles. The van der Waals surface area contributed by atoms with Crippen molar-refractivity contribution in [1.82, 2.24) is 0 Å². The van der Waals surface area contributed by atoms with Crippen molar-refractivity contribution in [3.8, 4) is 0 Å². The third-order valence-electron chi connectivity index (χ3n) is 3.01. The maximum atomic E-state index is 13.2. The summed E-state index contributed by atoms with van der Waals surface area (Å²) in [6, 6.07) is 5.37. The SMILES string of the molecule is CSc1cc(C2(CN)CC2)ccc1F. The number of benzene rings is 1. The van der Waals surface area contributed by atoms with Gasteiger partial charge in [0.15, 0.2) is 0 Å². The minimum Gasteiger partial charge on any atom is -0.330 e. The summed E-state index contributed by atoms with van der Waals surface area (Å²) in [5, 5.41) is 0. The minimum absolute atomic E-state index is 0.130. The molecule has 1 aliphatic rings. The van der Waals surface area contributed by atoms with Gasteiger partial charge in [0, 0.05) is 16.9 Å². The molecular weight excluding hydrogens is 197 g/mol. The Morgan fingerprint density at radius 2 is 2.21 bits per heavy atom. The van der Waals surface area contributed by atoms with Crippen LogP contribution in [0.2, 0.25) is 0 Å². The van der Waals surface area contributed by atoms with Gasteiger partial charge in [0.05, 0.1) is 0 Å². The zero-order valence-electron chi connectivity index (χ0n) is 8.22. The summed E-state index contributed by atoms with van der Waals surface area (Å²) in [5.41, 5.74) is 7.09. The number of hydrogen-bond donors (Lipinski definition) is 1. The van der Waals surface area contributed by atoms with E-state index in [1.54, 1.807) is 6.07 Å². The van der Waals surface area contributed by atoms with E-state index in [1.807, 2.05) is 18.4 Å². The first-order valence-electron chi connectivity index (χ1n) is 4.76. The van der Waals surface area contributed by atoms with Crippen LogP contribution in [0.5, 0.6) is 0 Å². The smallest absolute Gasteiger partial charge is 0.136 e. The van der Waals surface area contributed by atoms with Crippen LogP contribution in [0.4, 0.5) is 4.39 Å². The number of rotatable bonds is 3. The molecule has 0 atom stereocenters.